The minimum atomic E-state index is -0.0277. The predicted molar refractivity (Wildman–Crippen MR) is 65.9 cm³/mol. The molecule has 0 fully saturated rings. The second kappa shape index (κ2) is 5.52. The van der Waals surface area contributed by atoms with Crippen LogP contribution in [0.15, 0.2) is 10.8 Å². The number of alkyl halides is 1. The van der Waals surface area contributed by atoms with Crippen molar-refractivity contribution in [1.29, 1.82) is 0 Å². The van der Waals surface area contributed by atoms with Crippen LogP contribution < -0.4 is 5.32 Å². The second-order valence-electron chi connectivity index (χ2n) is 3.94. The number of rotatable bonds is 4. The van der Waals surface area contributed by atoms with Gasteiger partial charge >= 0.3 is 0 Å². The van der Waals surface area contributed by atoms with Crippen molar-refractivity contribution < 1.29 is 4.79 Å². The minimum absolute atomic E-state index is 0.00658. The molecule has 0 radical (unpaired) electrons. The SMILES string of the molecule is Cc1cscc1C(=O)NCC(Cl)C(C)C. The topological polar surface area (TPSA) is 29.1 Å². The van der Waals surface area contributed by atoms with Gasteiger partial charge in [-0.15, -0.1) is 11.6 Å². The van der Waals surface area contributed by atoms with Crippen molar-refractivity contribution in [3.8, 4) is 0 Å². The molecule has 1 atom stereocenters. The van der Waals surface area contributed by atoms with Gasteiger partial charge in [-0.2, -0.15) is 11.3 Å². The number of amides is 1. The standard InChI is InChI=1S/C11H16ClNOS/c1-7(2)10(12)4-13-11(14)9-6-15-5-8(9)3/h5-7,10H,4H2,1-3H3,(H,13,14). The highest BCUT2D eigenvalue weighted by Crippen LogP contribution is 2.14. The molecule has 0 bridgehead atoms. The van der Waals surface area contributed by atoms with Gasteiger partial charge in [-0.3, -0.25) is 4.79 Å². The number of carbonyl (C=O) groups excluding carboxylic acids is 1. The van der Waals surface area contributed by atoms with E-state index >= 15 is 0 Å². The van der Waals surface area contributed by atoms with Crippen molar-refractivity contribution in [1.82, 2.24) is 5.32 Å². The van der Waals surface area contributed by atoms with E-state index in [0.717, 1.165) is 11.1 Å². The molecular formula is C11H16ClNOS. The summed E-state index contributed by atoms with van der Waals surface area (Å²) >= 11 is 7.59. The molecule has 1 amide bonds. The van der Waals surface area contributed by atoms with E-state index in [0.29, 0.717) is 12.5 Å². The molecule has 1 heterocycles. The average Bonchev–Trinajstić information content (AvgIpc) is 2.60. The van der Waals surface area contributed by atoms with E-state index in [9.17, 15) is 4.79 Å². The summed E-state index contributed by atoms with van der Waals surface area (Å²) in [5.41, 5.74) is 1.78. The van der Waals surface area contributed by atoms with E-state index in [4.69, 9.17) is 11.6 Å². The molecule has 1 unspecified atom stereocenters. The van der Waals surface area contributed by atoms with Crippen molar-refractivity contribution in [2.75, 3.05) is 6.54 Å². The summed E-state index contributed by atoms with van der Waals surface area (Å²) in [6.45, 7) is 6.54. The van der Waals surface area contributed by atoms with Crippen molar-refractivity contribution >= 4 is 28.8 Å². The van der Waals surface area contributed by atoms with Crippen LogP contribution in [-0.2, 0) is 0 Å². The van der Waals surface area contributed by atoms with Crippen molar-refractivity contribution in [2.45, 2.75) is 26.1 Å². The van der Waals surface area contributed by atoms with Gasteiger partial charge in [0.25, 0.3) is 5.91 Å². The molecule has 0 aromatic carbocycles. The summed E-state index contributed by atoms with van der Waals surface area (Å²) in [6.07, 6.45) is 0. The second-order valence-corrected chi connectivity index (χ2v) is 5.24. The van der Waals surface area contributed by atoms with Gasteiger partial charge in [-0.25, -0.2) is 0 Å². The first-order valence-corrected chi connectivity index (χ1v) is 6.35. The zero-order valence-corrected chi connectivity index (χ0v) is 10.8. The van der Waals surface area contributed by atoms with Crippen molar-refractivity contribution in [3.05, 3.63) is 21.9 Å². The highest BCUT2D eigenvalue weighted by Gasteiger charge is 2.13. The molecule has 0 aliphatic heterocycles. The van der Waals surface area contributed by atoms with E-state index in [-0.39, 0.29) is 11.3 Å². The van der Waals surface area contributed by atoms with E-state index in [1.165, 1.54) is 0 Å². The number of halogens is 1. The lowest BCUT2D eigenvalue weighted by Crippen LogP contribution is -2.32. The first kappa shape index (κ1) is 12.5. The van der Waals surface area contributed by atoms with Gasteiger partial charge in [0, 0.05) is 11.9 Å². The van der Waals surface area contributed by atoms with Crippen LogP contribution in [0.5, 0.6) is 0 Å². The summed E-state index contributed by atoms with van der Waals surface area (Å²) in [7, 11) is 0. The first-order chi connectivity index (χ1) is 7.02. The van der Waals surface area contributed by atoms with Crippen LogP contribution in [0, 0.1) is 12.8 Å². The highest BCUT2D eigenvalue weighted by molar-refractivity contribution is 7.08. The van der Waals surface area contributed by atoms with Crippen LogP contribution in [0.1, 0.15) is 29.8 Å². The van der Waals surface area contributed by atoms with Gasteiger partial charge in [0.1, 0.15) is 0 Å². The molecule has 1 aromatic heterocycles. The smallest absolute Gasteiger partial charge is 0.252 e. The highest BCUT2D eigenvalue weighted by atomic mass is 35.5. The van der Waals surface area contributed by atoms with Crippen LogP contribution in [0.4, 0.5) is 0 Å². The molecule has 2 nitrogen and oxygen atoms in total. The van der Waals surface area contributed by atoms with Gasteiger partial charge in [0.2, 0.25) is 0 Å². The maximum Gasteiger partial charge on any atom is 0.252 e. The molecule has 15 heavy (non-hydrogen) atoms. The van der Waals surface area contributed by atoms with Gasteiger partial charge in [-0.1, -0.05) is 13.8 Å². The molecule has 1 N–H and O–H groups in total. The van der Waals surface area contributed by atoms with E-state index in [1.807, 2.05) is 31.5 Å². The number of nitrogens with one attached hydrogen (secondary N) is 1. The Labute approximate surface area is 99.6 Å². The summed E-state index contributed by atoms with van der Waals surface area (Å²) < 4.78 is 0. The Balaban J connectivity index is 2.47. The molecule has 0 spiro atoms. The number of thiophene rings is 1. The predicted octanol–water partition coefficient (Wildman–Crippen LogP) is 3.05. The van der Waals surface area contributed by atoms with Gasteiger partial charge < -0.3 is 5.32 Å². The lowest BCUT2D eigenvalue weighted by molar-refractivity contribution is 0.0952. The minimum Gasteiger partial charge on any atom is -0.351 e. The number of hydrogen-bond acceptors (Lipinski definition) is 2. The summed E-state index contributed by atoms with van der Waals surface area (Å²) in [5, 5.41) is 6.67. The first-order valence-electron chi connectivity index (χ1n) is 4.97. The summed E-state index contributed by atoms with van der Waals surface area (Å²) in [6, 6.07) is 0. The summed E-state index contributed by atoms with van der Waals surface area (Å²) in [5.74, 6) is 0.343. The third kappa shape index (κ3) is 3.50. The Hall–Kier alpha value is -0.540. The van der Waals surface area contributed by atoms with Gasteiger partial charge in [-0.05, 0) is 23.8 Å². The molecule has 0 aliphatic carbocycles. The third-order valence-electron chi connectivity index (χ3n) is 2.28. The monoisotopic (exact) mass is 245 g/mol. The number of hydrogen-bond donors (Lipinski definition) is 1. The number of aryl methyl sites for hydroxylation is 1. The Bertz CT molecular complexity index is 335. The zero-order chi connectivity index (χ0) is 11.4. The van der Waals surface area contributed by atoms with Crippen LogP contribution in [0.3, 0.4) is 0 Å². The average molecular weight is 246 g/mol. The zero-order valence-electron chi connectivity index (χ0n) is 9.21. The van der Waals surface area contributed by atoms with Gasteiger partial charge in [0.05, 0.1) is 10.9 Å². The Morgan fingerprint density at radius 3 is 2.67 bits per heavy atom. The molecule has 0 aliphatic rings. The lowest BCUT2D eigenvalue weighted by Gasteiger charge is -2.13. The molecule has 84 valence electrons. The van der Waals surface area contributed by atoms with Crippen molar-refractivity contribution in [3.63, 3.8) is 0 Å². The fourth-order valence-corrected chi connectivity index (χ4v) is 2.02. The fourth-order valence-electron chi connectivity index (χ4n) is 1.11. The van der Waals surface area contributed by atoms with E-state index in [2.05, 4.69) is 5.32 Å². The quantitative estimate of drug-likeness (QED) is 0.812. The fraction of sp³-hybridized carbons (Fsp3) is 0.545. The Morgan fingerprint density at radius 1 is 1.53 bits per heavy atom. The maximum atomic E-state index is 11.7. The molecule has 1 aromatic rings. The van der Waals surface area contributed by atoms with Crippen molar-refractivity contribution in [2.24, 2.45) is 5.92 Å². The van der Waals surface area contributed by atoms with Gasteiger partial charge in [0.15, 0.2) is 0 Å². The molecular weight excluding hydrogens is 230 g/mol. The lowest BCUT2D eigenvalue weighted by atomic mass is 10.1. The largest absolute Gasteiger partial charge is 0.351 e. The Morgan fingerprint density at radius 2 is 2.20 bits per heavy atom. The van der Waals surface area contributed by atoms with E-state index in [1.54, 1.807) is 11.3 Å². The molecule has 4 heteroatoms. The van der Waals surface area contributed by atoms with E-state index < -0.39 is 0 Å². The maximum absolute atomic E-state index is 11.7. The molecule has 1 rings (SSSR count). The van der Waals surface area contributed by atoms with Crippen LogP contribution in [0.2, 0.25) is 0 Å². The number of carbonyl (C=O) groups is 1. The molecule has 0 saturated heterocycles. The third-order valence-corrected chi connectivity index (χ3v) is 3.80. The Kier molecular flexibility index (Phi) is 4.61. The van der Waals surface area contributed by atoms with Crippen LogP contribution in [0.25, 0.3) is 0 Å². The molecule has 0 saturated carbocycles. The van der Waals surface area contributed by atoms with Crippen LogP contribution in [-0.4, -0.2) is 17.8 Å². The van der Waals surface area contributed by atoms with Crippen LogP contribution >= 0.6 is 22.9 Å². The summed E-state index contributed by atoms with van der Waals surface area (Å²) in [4.78, 5) is 11.7. The normalized spacial score (nSPS) is 12.9.